The van der Waals surface area contributed by atoms with Gasteiger partial charge in [-0.05, 0) is 56.7 Å². The molecule has 1 N–H and O–H groups in total. The molecule has 1 fully saturated rings. The second kappa shape index (κ2) is 6.01. The van der Waals surface area contributed by atoms with Gasteiger partial charge in [0.05, 0.1) is 4.47 Å². The Morgan fingerprint density at radius 1 is 1.25 bits per heavy atom. The molecule has 0 unspecified atom stereocenters. The molecule has 0 aromatic carbocycles. The van der Waals surface area contributed by atoms with Crippen LogP contribution in [0, 0.1) is 5.92 Å². The van der Waals surface area contributed by atoms with E-state index in [1.807, 2.05) is 12.3 Å². The molecule has 0 radical (unpaired) electrons. The van der Waals surface area contributed by atoms with Gasteiger partial charge in [-0.2, -0.15) is 0 Å². The first-order valence-electron chi connectivity index (χ1n) is 5.80. The van der Waals surface area contributed by atoms with Gasteiger partial charge < -0.3 is 5.32 Å². The number of anilines is 1. The maximum absolute atomic E-state index is 4.36. The molecule has 1 aliphatic rings. The van der Waals surface area contributed by atoms with Crippen LogP contribution in [0.1, 0.15) is 32.1 Å². The largest absolute Gasteiger partial charge is 0.369 e. The molecule has 0 saturated heterocycles. The molecule has 0 amide bonds. The lowest BCUT2D eigenvalue weighted by Gasteiger charge is -2.22. The van der Waals surface area contributed by atoms with Gasteiger partial charge in [-0.15, -0.1) is 0 Å². The van der Waals surface area contributed by atoms with Gasteiger partial charge in [0, 0.05) is 17.2 Å². The summed E-state index contributed by atoms with van der Waals surface area (Å²) in [6, 6.07) is 2.02. The Balaban J connectivity index is 1.88. The number of pyridine rings is 1. The second-order valence-electron chi connectivity index (χ2n) is 4.37. The minimum absolute atomic E-state index is 0.825. The third-order valence-corrected chi connectivity index (χ3v) is 4.13. The number of hydrogen-bond donors (Lipinski definition) is 1. The van der Waals surface area contributed by atoms with Crippen molar-refractivity contribution in [1.82, 2.24) is 4.98 Å². The predicted octanol–water partition coefficient (Wildman–Crippen LogP) is 4.60. The van der Waals surface area contributed by atoms with Crippen LogP contribution < -0.4 is 5.32 Å². The molecule has 4 heteroatoms. The Hall–Kier alpha value is -0.0900. The summed E-state index contributed by atoms with van der Waals surface area (Å²) in [5.74, 6) is 1.78. The topological polar surface area (TPSA) is 24.9 Å². The summed E-state index contributed by atoms with van der Waals surface area (Å²) < 4.78 is 2.03. The first kappa shape index (κ1) is 12.4. The fourth-order valence-electron chi connectivity index (χ4n) is 2.18. The smallest absolute Gasteiger partial charge is 0.140 e. The molecule has 1 heterocycles. The number of rotatable bonds is 3. The zero-order valence-corrected chi connectivity index (χ0v) is 12.3. The first-order chi connectivity index (χ1) is 7.75. The quantitative estimate of drug-likeness (QED) is 0.864. The number of hydrogen-bond acceptors (Lipinski definition) is 2. The molecule has 16 heavy (non-hydrogen) atoms. The van der Waals surface area contributed by atoms with Crippen molar-refractivity contribution in [3.05, 3.63) is 21.2 Å². The van der Waals surface area contributed by atoms with E-state index < -0.39 is 0 Å². The van der Waals surface area contributed by atoms with Gasteiger partial charge in [-0.25, -0.2) is 4.98 Å². The molecular formula is C12H16Br2N2. The van der Waals surface area contributed by atoms with Gasteiger partial charge in [0.25, 0.3) is 0 Å². The Morgan fingerprint density at radius 2 is 2.00 bits per heavy atom. The van der Waals surface area contributed by atoms with Crippen LogP contribution in [0.25, 0.3) is 0 Å². The summed E-state index contributed by atoms with van der Waals surface area (Å²) in [6.07, 6.45) is 8.75. The predicted molar refractivity (Wildman–Crippen MR) is 74.7 cm³/mol. The van der Waals surface area contributed by atoms with Crippen LogP contribution in [0.5, 0.6) is 0 Å². The summed E-state index contributed by atoms with van der Waals surface area (Å²) in [4.78, 5) is 4.36. The summed E-state index contributed by atoms with van der Waals surface area (Å²) in [6.45, 7) is 1.05. The van der Waals surface area contributed by atoms with E-state index in [0.29, 0.717) is 0 Å². The van der Waals surface area contributed by atoms with Crippen molar-refractivity contribution in [1.29, 1.82) is 0 Å². The van der Waals surface area contributed by atoms with E-state index in [0.717, 1.165) is 27.2 Å². The van der Waals surface area contributed by atoms with Crippen LogP contribution in [-0.2, 0) is 0 Å². The first-order valence-corrected chi connectivity index (χ1v) is 7.39. The van der Waals surface area contributed by atoms with E-state index >= 15 is 0 Å². The number of halogens is 2. The van der Waals surface area contributed by atoms with Crippen molar-refractivity contribution in [2.24, 2.45) is 5.92 Å². The average Bonchev–Trinajstić information content (AvgIpc) is 2.29. The Kier molecular flexibility index (Phi) is 4.65. The van der Waals surface area contributed by atoms with Crippen LogP contribution in [0.4, 0.5) is 5.82 Å². The minimum Gasteiger partial charge on any atom is -0.369 e. The SMILES string of the molecule is Brc1cnc(NCC2CCCCC2)c(Br)c1. The maximum atomic E-state index is 4.36. The van der Waals surface area contributed by atoms with Crippen molar-refractivity contribution >= 4 is 37.7 Å². The highest BCUT2D eigenvalue weighted by molar-refractivity contribution is 9.11. The van der Waals surface area contributed by atoms with Crippen LogP contribution >= 0.6 is 31.9 Å². The van der Waals surface area contributed by atoms with Crippen molar-refractivity contribution in [3.63, 3.8) is 0 Å². The molecule has 0 spiro atoms. The maximum Gasteiger partial charge on any atom is 0.140 e. The molecular weight excluding hydrogens is 332 g/mol. The van der Waals surface area contributed by atoms with Crippen molar-refractivity contribution in [3.8, 4) is 0 Å². The van der Waals surface area contributed by atoms with Crippen LogP contribution in [0.2, 0.25) is 0 Å². The Labute approximate surface area is 113 Å². The molecule has 0 aliphatic heterocycles. The normalized spacial score (nSPS) is 17.4. The van der Waals surface area contributed by atoms with Gasteiger partial charge in [-0.1, -0.05) is 19.3 Å². The Bertz CT molecular complexity index is 349. The van der Waals surface area contributed by atoms with E-state index in [1.54, 1.807) is 0 Å². The lowest BCUT2D eigenvalue weighted by molar-refractivity contribution is 0.373. The lowest BCUT2D eigenvalue weighted by atomic mass is 9.89. The summed E-state index contributed by atoms with van der Waals surface area (Å²) >= 11 is 6.92. The highest BCUT2D eigenvalue weighted by Crippen LogP contribution is 2.26. The van der Waals surface area contributed by atoms with E-state index in [1.165, 1.54) is 32.1 Å². The van der Waals surface area contributed by atoms with Crippen molar-refractivity contribution in [2.45, 2.75) is 32.1 Å². The van der Waals surface area contributed by atoms with Gasteiger partial charge in [0.2, 0.25) is 0 Å². The van der Waals surface area contributed by atoms with Gasteiger partial charge in [-0.3, -0.25) is 0 Å². The van der Waals surface area contributed by atoms with E-state index in [-0.39, 0.29) is 0 Å². The van der Waals surface area contributed by atoms with Gasteiger partial charge >= 0.3 is 0 Å². The standard InChI is InChI=1S/C12H16Br2N2/c13-10-6-11(14)12(16-8-10)15-7-9-4-2-1-3-5-9/h6,8-9H,1-5,7H2,(H,15,16). The zero-order valence-electron chi connectivity index (χ0n) is 9.18. The van der Waals surface area contributed by atoms with Crippen LogP contribution in [0.3, 0.4) is 0 Å². The summed E-state index contributed by atoms with van der Waals surface area (Å²) in [5, 5.41) is 3.43. The highest BCUT2D eigenvalue weighted by Gasteiger charge is 2.13. The second-order valence-corrected chi connectivity index (χ2v) is 6.14. The number of aromatic nitrogens is 1. The molecule has 2 rings (SSSR count). The number of nitrogens with one attached hydrogen (secondary N) is 1. The van der Waals surface area contributed by atoms with E-state index in [2.05, 4.69) is 42.2 Å². The fourth-order valence-corrected chi connectivity index (χ4v) is 3.30. The monoisotopic (exact) mass is 346 g/mol. The van der Waals surface area contributed by atoms with Crippen LogP contribution in [0.15, 0.2) is 21.2 Å². The third-order valence-electron chi connectivity index (χ3n) is 3.09. The average molecular weight is 348 g/mol. The molecule has 1 aromatic rings. The fraction of sp³-hybridized carbons (Fsp3) is 0.583. The Morgan fingerprint density at radius 3 is 2.69 bits per heavy atom. The van der Waals surface area contributed by atoms with Crippen molar-refractivity contribution in [2.75, 3.05) is 11.9 Å². The summed E-state index contributed by atoms with van der Waals surface area (Å²) in [5.41, 5.74) is 0. The molecule has 88 valence electrons. The minimum atomic E-state index is 0.825. The molecule has 2 nitrogen and oxygen atoms in total. The number of nitrogens with zero attached hydrogens (tertiary/aromatic N) is 1. The molecule has 1 aromatic heterocycles. The van der Waals surface area contributed by atoms with Gasteiger partial charge in [0.15, 0.2) is 0 Å². The zero-order chi connectivity index (χ0) is 11.4. The van der Waals surface area contributed by atoms with E-state index in [4.69, 9.17) is 0 Å². The molecule has 1 saturated carbocycles. The third kappa shape index (κ3) is 3.45. The molecule has 1 aliphatic carbocycles. The highest BCUT2D eigenvalue weighted by atomic mass is 79.9. The van der Waals surface area contributed by atoms with Crippen LogP contribution in [-0.4, -0.2) is 11.5 Å². The van der Waals surface area contributed by atoms with Crippen molar-refractivity contribution < 1.29 is 0 Å². The molecule has 0 bridgehead atoms. The van der Waals surface area contributed by atoms with Gasteiger partial charge in [0.1, 0.15) is 5.82 Å². The molecule has 0 atom stereocenters. The summed E-state index contributed by atoms with van der Waals surface area (Å²) in [7, 11) is 0. The van der Waals surface area contributed by atoms with E-state index in [9.17, 15) is 0 Å². The lowest BCUT2D eigenvalue weighted by Crippen LogP contribution is -2.17.